The van der Waals surface area contributed by atoms with Gasteiger partial charge in [-0.25, -0.2) is 0 Å². The fraction of sp³-hybridized carbons (Fsp3) is 0.588. The largest absolute Gasteiger partial charge is 0.359 e. The Bertz CT molecular complexity index is 520. The highest BCUT2D eigenvalue weighted by atomic mass is 35.5. The van der Waals surface area contributed by atoms with Gasteiger partial charge in [-0.3, -0.25) is 9.69 Å². The van der Waals surface area contributed by atoms with Crippen molar-refractivity contribution >= 4 is 17.5 Å². The number of carbonyl (C=O) groups excluding carboxylic acids is 1. The van der Waals surface area contributed by atoms with Gasteiger partial charge >= 0.3 is 0 Å². The number of nitrogens with one attached hydrogen (secondary N) is 1. The Labute approximate surface area is 131 Å². The maximum absolute atomic E-state index is 11.5. The van der Waals surface area contributed by atoms with E-state index in [1.165, 1.54) is 37.1 Å². The van der Waals surface area contributed by atoms with E-state index in [0.717, 1.165) is 24.4 Å². The van der Waals surface area contributed by atoms with Crippen LogP contribution in [0.3, 0.4) is 0 Å². The van der Waals surface area contributed by atoms with Crippen LogP contribution in [0.4, 0.5) is 0 Å². The van der Waals surface area contributed by atoms with Gasteiger partial charge < -0.3 is 5.32 Å². The average molecular weight is 307 g/mol. The van der Waals surface area contributed by atoms with Crippen LogP contribution in [0.2, 0.25) is 5.02 Å². The Morgan fingerprint density at radius 1 is 1.33 bits per heavy atom. The second-order valence-corrected chi connectivity index (χ2v) is 6.72. The summed E-state index contributed by atoms with van der Waals surface area (Å²) in [6.07, 6.45) is 4.50. The van der Waals surface area contributed by atoms with Gasteiger partial charge in [0.1, 0.15) is 0 Å². The molecule has 0 spiro atoms. The molecule has 1 aromatic carbocycles. The maximum Gasteiger partial charge on any atom is 0.222 e. The molecule has 4 heteroatoms. The quantitative estimate of drug-likeness (QED) is 0.926. The normalized spacial score (nSPS) is 25.6. The van der Waals surface area contributed by atoms with E-state index >= 15 is 0 Å². The predicted molar refractivity (Wildman–Crippen MR) is 85.5 cm³/mol. The highest BCUT2D eigenvalue weighted by Gasteiger charge is 2.34. The first-order chi connectivity index (χ1) is 10.2. The van der Waals surface area contributed by atoms with E-state index in [1.54, 1.807) is 7.05 Å². The first kappa shape index (κ1) is 14.9. The van der Waals surface area contributed by atoms with Gasteiger partial charge in [-0.15, -0.1) is 0 Å². The van der Waals surface area contributed by atoms with Crippen LogP contribution in [-0.2, 0) is 11.3 Å². The summed E-state index contributed by atoms with van der Waals surface area (Å²) < 4.78 is 0. The molecule has 1 N–H and O–H groups in total. The molecular weight excluding hydrogens is 284 g/mol. The van der Waals surface area contributed by atoms with Crippen molar-refractivity contribution in [3.63, 3.8) is 0 Å². The van der Waals surface area contributed by atoms with Crippen molar-refractivity contribution in [2.24, 2.45) is 5.92 Å². The van der Waals surface area contributed by atoms with Crippen LogP contribution in [0, 0.1) is 5.92 Å². The van der Waals surface area contributed by atoms with Crippen molar-refractivity contribution in [1.82, 2.24) is 10.2 Å². The van der Waals surface area contributed by atoms with Gasteiger partial charge in [0, 0.05) is 24.5 Å². The number of hydrogen-bond acceptors (Lipinski definition) is 2. The number of carbonyl (C=O) groups is 1. The number of halogens is 1. The summed E-state index contributed by atoms with van der Waals surface area (Å²) in [4.78, 5) is 14.0. The van der Waals surface area contributed by atoms with Crippen LogP contribution < -0.4 is 5.32 Å². The zero-order valence-electron chi connectivity index (χ0n) is 12.6. The van der Waals surface area contributed by atoms with E-state index < -0.39 is 0 Å². The van der Waals surface area contributed by atoms with Crippen LogP contribution >= 0.6 is 11.6 Å². The molecule has 1 saturated heterocycles. The fourth-order valence-corrected chi connectivity index (χ4v) is 3.68. The first-order valence-corrected chi connectivity index (χ1v) is 8.27. The Hall–Kier alpha value is -1.06. The number of hydrogen-bond donors (Lipinski definition) is 1. The molecule has 1 aliphatic heterocycles. The number of rotatable bonds is 4. The third kappa shape index (κ3) is 3.24. The number of amides is 1. The standard InChI is InChI=1S/C17H23ClN2O/c1-19-17(21)15-8-14(9-15)12-4-5-13(16(18)10-12)11-20-6-2-3-7-20/h4-5,10,14-15H,2-3,6-9,11H2,1H3,(H,19,21). The van der Waals surface area contributed by atoms with Crippen molar-refractivity contribution < 1.29 is 4.79 Å². The maximum atomic E-state index is 11.5. The van der Waals surface area contributed by atoms with Crippen molar-refractivity contribution in [2.45, 2.75) is 38.1 Å². The topological polar surface area (TPSA) is 32.3 Å². The van der Waals surface area contributed by atoms with Crippen LogP contribution in [0.5, 0.6) is 0 Å². The zero-order valence-corrected chi connectivity index (χ0v) is 13.3. The molecule has 0 atom stereocenters. The van der Waals surface area contributed by atoms with Crippen LogP contribution in [0.15, 0.2) is 18.2 Å². The lowest BCUT2D eigenvalue weighted by Gasteiger charge is -2.34. The Morgan fingerprint density at radius 2 is 2.05 bits per heavy atom. The number of benzene rings is 1. The summed E-state index contributed by atoms with van der Waals surface area (Å²) in [6, 6.07) is 6.48. The Morgan fingerprint density at radius 3 is 2.67 bits per heavy atom. The molecule has 0 bridgehead atoms. The number of nitrogens with zero attached hydrogens (tertiary/aromatic N) is 1. The van der Waals surface area contributed by atoms with E-state index in [2.05, 4.69) is 28.4 Å². The number of likely N-dealkylation sites (tertiary alicyclic amines) is 1. The smallest absolute Gasteiger partial charge is 0.222 e. The molecule has 1 amide bonds. The predicted octanol–water partition coefficient (Wildman–Crippen LogP) is 3.18. The highest BCUT2D eigenvalue weighted by molar-refractivity contribution is 6.31. The molecule has 21 heavy (non-hydrogen) atoms. The summed E-state index contributed by atoms with van der Waals surface area (Å²) in [7, 11) is 1.71. The van der Waals surface area contributed by atoms with Crippen LogP contribution in [-0.4, -0.2) is 30.9 Å². The minimum atomic E-state index is 0.169. The van der Waals surface area contributed by atoms with Crippen molar-refractivity contribution in [3.05, 3.63) is 34.3 Å². The first-order valence-electron chi connectivity index (χ1n) is 7.89. The minimum Gasteiger partial charge on any atom is -0.359 e. The fourth-order valence-electron chi connectivity index (χ4n) is 3.44. The molecule has 3 nitrogen and oxygen atoms in total. The Balaban J connectivity index is 1.61. The van der Waals surface area contributed by atoms with E-state index in [-0.39, 0.29) is 11.8 Å². The van der Waals surface area contributed by atoms with Gasteiger partial charge in [0.05, 0.1) is 0 Å². The molecule has 0 unspecified atom stereocenters. The van der Waals surface area contributed by atoms with Crippen LogP contribution in [0.1, 0.15) is 42.7 Å². The molecule has 114 valence electrons. The average Bonchev–Trinajstić information content (AvgIpc) is 2.93. The summed E-state index contributed by atoms with van der Waals surface area (Å²) in [5, 5.41) is 3.61. The molecular formula is C17H23ClN2O. The lowest BCUT2D eigenvalue weighted by atomic mass is 9.71. The van der Waals surface area contributed by atoms with Gasteiger partial charge in [-0.05, 0) is 61.9 Å². The molecule has 1 saturated carbocycles. The van der Waals surface area contributed by atoms with E-state index in [0.29, 0.717) is 5.92 Å². The zero-order chi connectivity index (χ0) is 14.8. The third-order valence-electron chi connectivity index (χ3n) is 4.90. The van der Waals surface area contributed by atoms with Crippen molar-refractivity contribution in [3.8, 4) is 0 Å². The van der Waals surface area contributed by atoms with Gasteiger partial charge in [0.25, 0.3) is 0 Å². The third-order valence-corrected chi connectivity index (χ3v) is 5.25. The molecule has 1 heterocycles. The van der Waals surface area contributed by atoms with Gasteiger partial charge in [0.15, 0.2) is 0 Å². The lowest BCUT2D eigenvalue weighted by Crippen LogP contribution is -2.36. The summed E-state index contributed by atoms with van der Waals surface area (Å²) in [5.74, 6) is 0.844. The van der Waals surface area contributed by atoms with Crippen molar-refractivity contribution in [1.29, 1.82) is 0 Å². The summed E-state index contributed by atoms with van der Waals surface area (Å²) >= 11 is 6.45. The van der Waals surface area contributed by atoms with E-state index in [1.807, 2.05) is 0 Å². The summed E-state index contributed by atoms with van der Waals surface area (Å²) in [5.41, 5.74) is 2.51. The van der Waals surface area contributed by atoms with Gasteiger partial charge in [-0.1, -0.05) is 23.7 Å². The lowest BCUT2D eigenvalue weighted by molar-refractivity contribution is -0.127. The Kier molecular flexibility index (Phi) is 4.51. The highest BCUT2D eigenvalue weighted by Crippen LogP contribution is 2.42. The van der Waals surface area contributed by atoms with Crippen molar-refractivity contribution in [2.75, 3.05) is 20.1 Å². The molecule has 1 aromatic rings. The molecule has 3 rings (SSSR count). The molecule has 0 radical (unpaired) electrons. The van der Waals surface area contributed by atoms with E-state index in [4.69, 9.17) is 11.6 Å². The van der Waals surface area contributed by atoms with Gasteiger partial charge in [-0.2, -0.15) is 0 Å². The monoisotopic (exact) mass is 306 g/mol. The summed E-state index contributed by atoms with van der Waals surface area (Å²) in [6.45, 7) is 3.34. The van der Waals surface area contributed by atoms with Crippen LogP contribution in [0.25, 0.3) is 0 Å². The molecule has 0 aromatic heterocycles. The van der Waals surface area contributed by atoms with E-state index in [9.17, 15) is 4.79 Å². The molecule has 2 fully saturated rings. The second kappa shape index (κ2) is 6.37. The molecule has 1 aliphatic carbocycles. The molecule has 2 aliphatic rings. The van der Waals surface area contributed by atoms with Gasteiger partial charge in [0.2, 0.25) is 5.91 Å². The SMILES string of the molecule is CNC(=O)C1CC(c2ccc(CN3CCCC3)c(Cl)c2)C1. The minimum absolute atomic E-state index is 0.169. The second-order valence-electron chi connectivity index (χ2n) is 6.31.